The second-order valence-corrected chi connectivity index (χ2v) is 3.13. The lowest BCUT2D eigenvalue weighted by molar-refractivity contribution is 0.271. The molecule has 1 heterocycles. The zero-order chi connectivity index (χ0) is 7.40. The third-order valence-electron chi connectivity index (χ3n) is 2.34. The van der Waals surface area contributed by atoms with E-state index in [1.165, 1.54) is 25.9 Å². The van der Waals surface area contributed by atoms with Crippen molar-refractivity contribution in [1.29, 1.82) is 0 Å². The predicted molar refractivity (Wildman–Crippen MR) is 44.2 cm³/mol. The zero-order valence-corrected chi connectivity index (χ0v) is 7.06. The second-order valence-electron chi connectivity index (χ2n) is 3.13. The fourth-order valence-corrected chi connectivity index (χ4v) is 1.58. The predicted octanol–water partition coefficient (Wildman–Crippen LogP) is 0.690. The smallest absolute Gasteiger partial charge is 0.0110 e. The topological polar surface area (TPSA) is 15.3 Å². The fraction of sp³-hybridized carbons (Fsp3) is 1.00. The molecule has 0 aliphatic carbocycles. The first-order chi connectivity index (χ1) is 4.84. The highest BCUT2D eigenvalue weighted by Gasteiger charge is 2.18. The molecule has 0 bridgehead atoms. The largest absolute Gasteiger partial charge is 0.318 e. The van der Waals surface area contributed by atoms with Gasteiger partial charge in [-0.2, -0.15) is 0 Å². The summed E-state index contributed by atoms with van der Waals surface area (Å²) in [7, 11) is 2.01. The van der Waals surface area contributed by atoms with Crippen molar-refractivity contribution in [1.82, 2.24) is 10.2 Å². The van der Waals surface area contributed by atoms with E-state index in [1.54, 1.807) is 0 Å². The molecule has 1 rings (SSSR count). The molecule has 1 aliphatic heterocycles. The van der Waals surface area contributed by atoms with Gasteiger partial charge in [0.25, 0.3) is 0 Å². The van der Waals surface area contributed by atoms with Crippen LogP contribution in [-0.2, 0) is 0 Å². The highest BCUT2D eigenvalue weighted by molar-refractivity contribution is 4.74. The minimum absolute atomic E-state index is 0.827. The number of nitrogens with zero attached hydrogens (tertiary/aromatic N) is 1. The molecule has 1 saturated heterocycles. The van der Waals surface area contributed by atoms with E-state index in [1.807, 2.05) is 7.05 Å². The van der Waals surface area contributed by atoms with Gasteiger partial charge in [-0.15, -0.1) is 0 Å². The molecule has 60 valence electrons. The first-order valence-electron chi connectivity index (χ1n) is 4.23. The molecule has 0 aromatic rings. The van der Waals surface area contributed by atoms with Crippen LogP contribution in [0.2, 0.25) is 0 Å². The highest BCUT2D eigenvalue weighted by Crippen LogP contribution is 2.14. The standard InChI is InChI=1S/C8H18N2/c1-8-4-3-6-10(8)7-5-9-2/h8-9H,3-7H2,1-2H3/t8-/m0/s1. The van der Waals surface area contributed by atoms with Crippen LogP contribution in [0.15, 0.2) is 0 Å². The molecule has 1 fully saturated rings. The maximum Gasteiger partial charge on any atom is 0.0110 e. The summed E-state index contributed by atoms with van der Waals surface area (Å²) >= 11 is 0. The summed E-state index contributed by atoms with van der Waals surface area (Å²) in [6.07, 6.45) is 2.79. The molecule has 0 aromatic carbocycles. The van der Waals surface area contributed by atoms with Crippen molar-refractivity contribution in [3.05, 3.63) is 0 Å². The molecule has 2 nitrogen and oxygen atoms in total. The van der Waals surface area contributed by atoms with E-state index in [-0.39, 0.29) is 0 Å². The molecular formula is C8H18N2. The van der Waals surface area contributed by atoms with E-state index in [0.29, 0.717) is 0 Å². The minimum atomic E-state index is 0.827. The molecule has 10 heavy (non-hydrogen) atoms. The lowest BCUT2D eigenvalue weighted by Gasteiger charge is -2.20. The van der Waals surface area contributed by atoms with E-state index in [9.17, 15) is 0 Å². The SMILES string of the molecule is CNCCN1CCC[C@@H]1C. The summed E-state index contributed by atoms with van der Waals surface area (Å²) in [4.78, 5) is 2.55. The van der Waals surface area contributed by atoms with Gasteiger partial charge in [0.2, 0.25) is 0 Å². The van der Waals surface area contributed by atoms with Gasteiger partial charge in [0.05, 0.1) is 0 Å². The van der Waals surface area contributed by atoms with Crippen molar-refractivity contribution in [2.24, 2.45) is 0 Å². The number of hydrogen-bond donors (Lipinski definition) is 1. The summed E-state index contributed by atoms with van der Waals surface area (Å²) in [6, 6.07) is 0.827. The molecule has 0 unspecified atom stereocenters. The van der Waals surface area contributed by atoms with Crippen molar-refractivity contribution in [3.63, 3.8) is 0 Å². The van der Waals surface area contributed by atoms with Crippen molar-refractivity contribution >= 4 is 0 Å². The lowest BCUT2D eigenvalue weighted by Crippen LogP contribution is -2.33. The van der Waals surface area contributed by atoms with Gasteiger partial charge in [-0.05, 0) is 33.4 Å². The summed E-state index contributed by atoms with van der Waals surface area (Å²) < 4.78 is 0. The van der Waals surface area contributed by atoms with Crippen LogP contribution in [-0.4, -0.2) is 37.6 Å². The highest BCUT2D eigenvalue weighted by atomic mass is 15.2. The quantitative estimate of drug-likeness (QED) is 0.623. The second kappa shape index (κ2) is 3.94. The van der Waals surface area contributed by atoms with Gasteiger partial charge in [-0.25, -0.2) is 0 Å². The van der Waals surface area contributed by atoms with Crippen LogP contribution in [0.4, 0.5) is 0 Å². The summed E-state index contributed by atoms with van der Waals surface area (Å²) in [5.74, 6) is 0. The Balaban J connectivity index is 2.14. The summed E-state index contributed by atoms with van der Waals surface area (Å²) in [5, 5.41) is 3.17. The third-order valence-corrected chi connectivity index (χ3v) is 2.34. The first-order valence-corrected chi connectivity index (χ1v) is 4.23. The Morgan fingerprint density at radius 3 is 2.90 bits per heavy atom. The van der Waals surface area contributed by atoms with Gasteiger partial charge in [0.15, 0.2) is 0 Å². The molecule has 0 spiro atoms. The molecule has 1 aliphatic rings. The van der Waals surface area contributed by atoms with Gasteiger partial charge < -0.3 is 5.32 Å². The molecule has 2 heteroatoms. The summed E-state index contributed by atoms with van der Waals surface area (Å²) in [5.41, 5.74) is 0. The van der Waals surface area contributed by atoms with Gasteiger partial charge in [0.1, 0.15) is 0 Å². The fourth-order valence-electron chi connectivity index (χ4n) is 1.58. The average molecular weight is 142 g/mol. The van der Waals surface area contributed by atoms with Crippen LogP contribution in [0.3, 0.4) is 0 Å². The summed E-state index contributed by atoms with van der Waals surface area (Å²) in [6.45, 7) is 5.98. The Hall–Kier alpha value is -0.0800. The minimum Gasteiger partial charge on any atom is -0.318 e. The lowest BCUT2D eigenvalue weighted by atomic mass is 10.2. The number of rotatable bonds is 3. The molecule has 0 aromatic heterocycles. The molecule has 0 radical (unpaired) electrons. The van der Waals surface area contributed by atoms with Crippen molar-refractivity contribution in [2.75, 3.05) is 26.7 Å². The van der Waals surface area contributed by atoms with Gasteiger partial charge >= 0.3 is 0 Å². The Kier molecular flexibility index (Phi) is 3.16. The number of hydrogen-bond acceptors (Lipinski definition) is 2. The average Bonchev–Trinajstić information content (AvgIpc) is 2.31. The first kappa shape index (κ1) is 8.02. The number of likely N-dealkylation sites (tertiary alicyclic amines) is 1. The van der Waals surface area contributed by atoms with Gasteiger partial charge in [0, 0.05) is 19.1 Å². The van der Waals surface area contributed by atoms with Crippen molar-refractivity contribution < 1.29 is 0 Å². The number of likely N-dealkylation sites (N-methyl/N-ethyl adjacent to an activating group) is 1. The molecule has 0 amide bonds. The van der Waals surface area contributed by atoms with Crippen LogP contribution < -0.4 is 5.32 Å². The van der Waals surface area contributed by atoms with Gasteiger partial charge in [-0.1, -0.05) is 0 Å². The van der Waals surface area contributed by atoms with E-state index in [2.05, 4.69) is 17.1 Å². The van der Waals surface area contributed by atoms with Crippen LogP contribution in [0, 0.1) is 0 Å². The van der Waals surface area contributed by atoms with Crippen LogP contribution in [0.25, 0.3) is 0 Å². The van der Waals surface area contributed by atoms with Gasteiger partial charge in [-0.3, -0.25) is 4.90 Å². The Morgan fingerprint density at radius 1 is 1.60 bits per heavy atom. The van der Waals surface area contributed by atoms with E-state index in [0.717, 1.165) is 12.6 Å². The van der Waals surface area contributed by atoms with Crippen molar-refractivity contribution in [3.8, 4) is 0 Å². The van der Waals surface area contributed by atoms with E-state index >= 15 is 0 Å². The zero-order valence-electron chi connectivity index (χ0n) is 7.06. The Bertz CT molecular complexity index is 93.3. The monoisotopic (exact) mass is 142 g/mol. The normalized spacial score (nSPS) is 27.6. The maximum absolute atomic E-state index is 3.17. The molecule has 1 N–H and O–H groups in total. The third kappa shape index (κ3) is 1.96. The molecular weight excluding hydrogens is 124 g/mol. The van der Waals surface area contributed by atoms with Crippen molar-refractivity contribution in [2.45, 2.75) is 25.8 Å². The van der Waals surface area contributed by atoms with E-state index in [4.69, 9.17) is 0 Å². The Labute approximate surface area is 63.6 Å². The van der Waals surface area contributed by atoms with E-state index < -0.39 is 0 Å². The van der Waals surface area contributed by atoms with Crippen LogP contribution in [0.1, 0.15) is 19.8 Å². The molecule has 1 atom stereocenters. The maximum atomic E-state index is 3.17. The molecule has 0 saturated carbocycles. The van der Waals surface area contributed by atoms with Crippen LogP contribution in [0.5, 0.6) is 0 Å². The Morgan fingerprint density at radius 2 is 2.40 bits per heavy atom. The number of nitrogens with one attached hydrogen (secondary N) is 1. The van der Waals surface area contributed by atoms with Crippen LogP contribution >= 0.6 is 0 Å².